The lowest BCUT2D eigenvalue weighted by Gasteiger charge is -2.20. The highest BCUT2D eigenvalue weighted by Gasteiger charge is 2.34. The molecule has 1 atom stereocenters. The van der Waals surface area contributed by atoms with Crippen molar-refractivity contribution in [2.45, 2.75) is 19.3 Å². The molecular weight excluding hydrogens is 609 g/mol. The van der Waals surface area contributed by atoms with Crippen LogP contribution in [0, 0.1) is 0 Å². The molecule has 0 saturated carbocycles. The van der Waals surface area contributed by atoms with Crippen molar-refractivity contribution in [2.75, 3.05) is 0 Å². The van der Waals surface area contributed by atoms with E-state index in [-0.39, 0.29) is 5.78 Å². The molecule has 0 saturated heterocycles. The molecule has 0 N–H and O–H groups in total. The Morgan fingerprint density at radius 2 is 1.18 bits per heavy atom. The minimum atomic E-state index is -0.444. The van der Waals surface area contributed by atoms with E-state index in [2.05, 4.69) is 145 Å². The number of hydrogen-bond acceptors (Lipinski definition) is 2. The van der Waals surface area contributed by atoms with Crippen molar-refractivity contribution < 1.29 is 4.79 Å². The van der Waals surface area contributed by atoms with Crippen LogP contribution in [0.3, 0.4) is 0 Å². The van der Waals surface area contributed by atoms with Gasteiger partial charge in [0.15, 0.2) is 5.78 Å². The Bertz CT molecular complexity index is 2770. The van der Waals surface area contributed by atoms with Crippen molar-refractivity contribution in [1.29, 1.82) is 0 Å². The Morgan fingerprint density at radius 1 is 0.580 bits per heavy atom. The number of hydrogen-bond donors (Lipinski definition) is 0. The van der Waals surface area contributed by atoms with E-state index in [4.69, 9.17) is 4.98 Å². The van der Waals surface area contributed by atoms with E-state index in [9.17, 15) is 0 Å². The number of carbonyl (C=O) groups excluding carboxylic acids is 1. The number of Topliss-reactive ketones (excluding diaryl/α,β-unsaturated/α-hetero) is 1. The van der Waals surface area contributed by atoms with Gasteiger partial charge in [-0.1, -0.05) is 140 Å². The van der Waals surface area contributed by atoms with Gasteiger partial charge in [-0.25, -0.2) is 4.98 Å². The highest BCUT2D eigenvalue weighted by Crippen LogP contribution is 2.46. The Morgan fingerprint density at radius 3 is 1.86 bits per heavy atom. The topological polar surface area (TPSA) is 34.9 Å². The zero-order valence-electron chi connectivity index (χ0n) is 27.6. The fourth-order valence-electron chi connectivity index (χ4n) is 8.38. The second-order valence-corrected chi connectivity index (χ2v) is 13.3. The quantitative estimate of drug-likeness (QED) is 0.179. The highest BCUT2D eigenvalue weighted by atomic mass is 16.1. The standard InChI is InChI=1S/C47H32N2O/c1-2-42-48-40-22-12-21-38-45(30-14-4-3-5-15-30)47(50)39-28-33(25-26-41(39)49(42)46(38)40)44-36-19-10-8-17-34(36)43(35-18-9-11-20-37(35)44)32-24-23-29-13-6-7-16-31(29)27-32/h3-28,45H,2H2,1H3. The molecular formula is C47H32N2O. The van der Waals surface area contributed by atoms with Crippen molar-refractivity contribution in [3.8, 4) is 27.9 Å². The normalized spacial score (nSPS) is 14.0. The number of nitrogens with zero attached hydrogens (tertiary/aromatic N) is 2. The predicted molar refractivity (Wildman–Crippen MR) is 206 cm³/mol. The van der Waals surface area contributed by atoms with Gasteiger partial charge in [0.2, 0.25) is 0 Å². The van der Waals surface area contributed by atoms with Gasteiger partial charge in [0.05, 0.1) is 22.6 Å². The van der Waals surface area contributed by atoms with Gasteiger partial charge >= 0.3 is 0 Å². The summed E-state index contributed by atoms with van der Waals surface area (Å²) in [6.07, 6.45) is 0.755. The summed E-state index contributed by atoms with van der Waals surface area (Å²) < 4.78 is 2.24. The molecule has 0 amide bonds. The molecule has 1 aliphatic heterocycles. The average molecular weight is 641 g/mol. The first-order valence-electron chi connectivity index (χ1n) is 17.4. The molecule has 0 aliphatic carbocycles. The van der Waals surface area contributed by atoms with E-state index in [1.807, 2.05) is 24.3 Å². The van der Waals surface area contributed by atoms with Crippen LogP contribution in [-0.4, -0.2) is 15.3 Å². The number of aryl methyl sites for hydroxylation is 1. The molecule has 9 aromatic rings. The molecule has 3 nitrogen and oxygen atoms in total. The molecule has 1 unspecified atom stereocenters. The molecule has 50 heavy (non-hydrogen) atoms. The molecule has 1 aromatic heterocycles. The van der Waals surface area contributed by atoms with Crippen LogP contribution in [-0.2, 0) is 6.42 Å². The Kier molecular flexibility index (Phi) is 6.37. The first kappa shape index (κ1) is 28.7. The van der Waals surface area contributed by atoms with E-state index in [1.165, 1.54) is 32.7 Å². The largest absolute Gasteiger partial charge is 0.295 e. The first-order valence-corrected chi connectivity index (χ1v) is 17.4. The summed E-state index contributed by atoms with van der Waals surface area (Å²) in [7, 11) is 0. The maximum Gasteiger partial charge on any atom is 0.176 e. The van der Waals surface area contributed by atoms with Crippen LogP contribution in [0.4, 0.5) is 0 Å². The third-order valence-corrected chi connectivity index (χ3v) is 10.6. The zero-order valence-corrected chi connectivity index (χ0v) is 27.6. The van der Waals surface area contributed by atoms with Crippen molar-refractivity contribution in [3.05, 3.63) is 180 Å². The number of benzene rings is 8. The zero-order chi connectivity index (χ0) is 33.3. The summed E-state index contributed by atoms with van der Waals surface area (Å²) >= 11 is 0. The SMILES string of the molecule is CCc1nc2cccc3c2n1-c1ccc(-c2c4ccccc4c(-c4ccc5ccccc5c4)c4ccccc24)cc1C(=O)C3c1ccccc1. The van der Waals surface area contributed by atoms with Crippen LogP contribution in [0.25, 0.3) is 71.3 Å². The molecule has 0 fully saturated rings. The summed E-state index contributed by atoms with van der Waals surface area (Å²) in [5.74, 6) is 0.617. The highest BCUT2D eigenvalue weighted by molar-refractivity contribution is 6.22. The maximum atomic E-state index is 15.1. The number of para-hydroxylation sites is 1. The van der Waals surface area contributed by atoms with Gasteiger partial charge in [-0.2, -0.15) is 0 Å². The van der Waals surface area contributed by atoms with Crippen molar-refractivity contribution in [3.63, 3.8) is 0 Å². The smallest absolute Gasteiger partial charge is 0.176 e. The van der Waals surface area contributed by atoms with E-state index >= 15 is 4.79 Å². The van der Waals surface area contributed by atoms with Crippen LogP contribution < -0.4 is 0 Å². The minimum Gasteiger partial charge on any atom is -0.295 e. The second-order valence-electron chi connectivity index (χ2n) is 13.3. The van der Waals surface area contributed by atoms with Crippen LogP contribution in [0.5, 0.6) is 0 Å². The summed E-state index contributed by atoms with van der Waals surface area (Å²) in [4.78, 5) is 20.1. The van der Waals surface area contributed by atoms with E-state index < -0.39 is 5.92 Å². The van der Waals surface area contributed by atoms with Crippen LogP contribution in [0.2, 0.25) is 0 Å². The average Bonchev–Trinajstić information content (AvgIpc) is 3.51. The van der Waals surface area contributed by atoms with Gasteiger partial charge in [-0.05, 0) is 90.0 Å². The fourth-order valence-corrected chi connectivity index (χ4v) is 8.38. The number of carbonyl (C=O) groups is 1. The fraction of sp³-hybridized carbons (Fsp3) is 0.0638. The van der Waals surface area contributed by atoms with Crippen molar-refractivity contribution in [1.82, 2.24) is 9.55 Å². The summed E-state index contributed by atoms with van der Waals surface area (Å²) in [6.45, 7) is 2.13. The van der Waals surface area contributed by atoms with E-state index in [0.717, 1.165) is 62.0 Å². The van der Waals surface area contributed by atoms with Crippen LogP contribution in [0.15, 0.2) is 158 Å². The molecule has 0 bridgehead atoms. The van der Waals surface area contributed by atoms with Crippen LogP contribution >= 0.6 is 0 Å². The molecule has 1 aliphatic rings. The van der Waals surface area contributed by atoms with Gasteiger partial charge in [-0.15, -0.1) is 0 Å². The van der Waals surface area contributed by atoms with E-state index in [0.29, 0.717) is 5.56 Å². The Hall–Kier alpha value is -6.32. The third kappa shape index (κ3) is 4.17. The molecule has 0 radical (unpaired) electrons. The maximum absolute atomic E-state index is 15.1. The number of fused-ring (bicyclic) bond motifs is 5. The lowest BCUT2D eigenvalue weighted by Crippen LogP contribution is -2.14. The number of rotatable bonds is 4. The van der Waals surface area contributed by atoms with Crippen molar-refractivity contribution >= 4 is 49.1 Å². The minimum absolute atomic E-state index is 0.104. The number of imidazole rings is 1. The Balaban J connectivity index is 1.26. The van der Waals surface area contributed by atoms with Crippen molar-refractivity contribution in [2.24, 2.45) is 0 Å². The summed E-state index contributed by atoms with van der Waals surface area (Å²) in [5, 5.41) is 7.16. The van der Waals surface area contributed by atoms with Crippen LogP contribution in [0.1, 0.15) is 40.2 Å². The van der Waals surface area contributed by atoms with Gasteiger partial charge < -0.3 is 0 Å². The summed E-state index contributed by atoms with van der Waals surface area (Å²) in [6, 6.07) is 55.7. The first-order chi connectivity index (χ1) is 24.7. The van der Waals surface area contributed by atoms with Gasteiger partial charge in [0.1, 0.15) is 5.82 Å². The van der Waals surface area contributed by atoms with Gasteiger partial charge in [0.25, 0.3) is 0 Å². The number of aromatic nitrogens is 2. The predicted octanol–water partition coefficient (Wildman–Crippen LogP) is 11.7. The lowest BCUT2D eigenvalue weighted by atomic mass is 9.82. The monoisotopic (exact) mass is 640 g/mol. The van der Waals surface area contributed by atoms with Gasteiger partial charge in [-0.3, -0.25) is 9.36 Å². The molecule has 236 valence electrons. The third-order valence-electron chi connectivity index (χ3n) is 10.6. The Labute approximate surface area is 290 Å². The van der Waals surface area contributed by atoms with E-state index in [1.54, 1.807) is 0 Å². The lowest BCUT2D eigenvalue weighted by molar-refractivity contribution is 0.0975. The molecule has 10 rings (SSSR count). The number of ketones is 1. The second kappa shape index (κ2) is 11.1. The molecule has 8 aromatic carbocycles. The summed E-state index contributed by atoms with van der Waals surface area (Å²) in [5.41, 5.74) is 10.1. The van der Waals surface area contributed by atoms with Gasteiger partial charge in [0, 0.05) is 12.0 Å². The molecule has 0 spiro atoms. The molecule has 2 heterocycles. The molecule has 3 heteroatoms.